The maximum atomic E-state index is 12.2. The van der Waals surface area contributed by atoms with Gasteiger partial charge in [0.2, 0.25) is 5.91 Å². The van der Waals surface area contributed by atoms with E-state index in [2.05, 4.69) is 64.8 Å². The van der Waals surface area contributed by atoms with E-state index >= 15 is 0 Å². The summed E-state index contributed by atoms with van der Waals surface area (Å²) in [5.41, 5.74) is 3.65. The largest absolute Gasteiger partial charge is 0.372 e. The second-order valence-electron chi connectivity index (χ2n) is 7.32. The summed E-state index contributed by atoms with van der Waals surface area (Å²) in [5, 5.41) is 5.51. The fourth-order valence-corrected chi connectivity index (χ4v) is 3.74. The van der Waals surface area contributed by atoms with Gasteiger partial charge in [-0.25, -0.2) is 0 Å². The lowest BCUT2D eigenvalue weighted by Crippen LogP contribution is -2.23. The lowest BCUT2D eigenvalue weighted by Gasteiger charge is -2.17. The van der Waals surface area contributed by atoms with Gasteiger partial charge in [0.05, 0.1) is 0 Å². The molecule has 3 heteroatoms. The molecule has 0 radical (unpaired) electrons. The van der Waals surface area contributed by atoms with Crippen LogP contribution in [0.4, 0.5) is 5.69 Å². The normalized spacial score (nSPS) is 13.9. The number of hydrogen-bond acceptors (Lipinski definition) is 2. The summed E-state index contributed by atoms with van der Waals surface area (Å²) < 4.78 is 0. The number of carbonyl (C=O) groups excluding carboxylic acids is 1. The molecule has 1 heterocycles. The van der Waals surface area contributed by atoms with E-state index in [-0.39, 0.29) is 5.91 Å². The lowest BCUT2D eigenvalue weighted by atomic mass is 10.0. The van der Waals surface area contributed by atoms with E-state index < -0.39 is 0 Å². The minimum absolute atomic E-state index is 0.103. The van der Waals surface area contributed by atoms with Crippen LogP contribution in [0.25, 0.3) is 10.8 Å². The number of carbonyl (C=O) groups is 1. The Labute approximate surface area is 161 Å². The molecule has 4 rings (SSSR count). The fourth-order valence-electron chi connectivity index (χ4n) is 3.74. The van der Waals surface area contributed by atoms with Crippen LogP contribution in [0, 0.1) is 0 Å². The fraction of sp³-hybridized carbons (Fsp3) is 0.292. The van der Waals surface area contributed by atoms with Crippen LogP contribution in [0.5, 0.6) is 0 Å². The maximum absolute atomic E-state index is 12.2. The van der Waals surface area contributed by atoms with Gasteiger partial charge >= 0.3 is 0 Å². The number of nitrogens with zero attached hydrogens (tertiary/aromatic N) is 1. The van der Waals surface area contributed by atoms with Gasteiger partial charge in [0.15, 0.2) is 0 Å². The SMILES string of the molecule is O=C(CCc1ccc2ccccc2c1)NCc1ccc(N2CCCC2)cc1. The number of hydrogen-bond donors (Lipinski definition) is 1. The van der Waals surface area contributed by atoms with Crippen molar-refractivity contribution in [1.82, 2.24) is 5.32 Å². The Morgan fingerprint density at radius 2 is 1.56 bits per heavy atom. The highest BCUT2D eigenvalue weighted by molar-refractivity contribution is 5.83. The van der Waals surface area contributed by atoms with Gasteiger partial charge in [-0.1, -0.05) is 54.6 Å². The molecule has 1 N–H and O–H groups in total. The molecule has 3 nitrogen and oxygen atoms in total. The summed E-state index contributed by atoms with van der Waals surface area (Å²) in [4.78, 5) is 14.6. The summed E-state index contributed by atoms with van der Waals surface area (Å²) >= 11 is 0. The predicted octanol–water partition coefficient (Wildman–Crippen LogP) is 4.69. The highest BCUT2D eigenvalue weighted by Gasteiger charge is 2.11. The summed E-state index contributed by atoms with van der Waals surface area (Å²) in [6.07, 6.45) is 3.86. The first-order chi connectivity index (χ1) is 13.3. The summed E-state index contributed by atoms with van der Waals surface area (Å²) in [5.74, 6) is 0.103. The number of amides is 1. The summed E-state index contributed by atoms with van der Waals surface area (Å²) in [6.45, 7) is 2.91. The minimum atomic E-state index is 0.103. The maximum Gasteiger partial charge on any atom is 0.220 e. The predicted molar refractivity (Wildman–Crippen MR) is 112 cm³/mol. The molecule has 1 fully saturated rings. The van der Waals surface area contributed by atoms with Gasteiger partial charge in [-0.2, -0.15) is 0 Å². The Hall–Kier alpha value is -2.81. The number of fused-ring (bicyclic) bond motifs is 1. The van der Waals surface area contributed by atoms with Gasteiger partial charge in [0.25, 0.3) is 0 Å². The van der Waals surface area contributed by atoms with Gasteiger partial charge in [0.1, 0.15) is 0 Å². The zero-order valence-electron chi connectivity index (χ0n) is 15.7. The molecular formula is C24H26N2O. The molecule has 0 unspecified atom stereocenters. The van der Waals surface area contributed by atoms with Gasteiger partial charge < -0.3 is 10.2 Å². The van der Waals surface area contributed by atoms with Crippen LogP contribution in [0.1, 0.15) is 30.4 Å². The van der Waals surface area contributed by atoms with Crippen LogP contribution in [0.15, 0.2) is 66.7 Å². The van der Waals surface area contributed by atoms with Crippen molar-refractivity contribution in [3.8, 4) is 0 Å². The molecule has 0 saturated carbocycles. The van der Waals surface area contributed by atoms with E-state index in [1.165, 1.54) is 34.9 Å². The highest BCUT2D eigenvalue weighted by atomic mass is 16.1. The zero-order valence-corrected chi connectivity index (χ0v) is 15.7. The average molecular weight is 358 g/mol. The Balaban J connectivity index is 1.26. The number of benzene rings is 3. The van der Waals surface area contributed by atoms with Gasteiger partial charge in [-0.05, 0) is 53.3 Å². The summed E-state index contributed by atoms with van der Waals surface area (Å²) in [7, 11) is 0. The Bertz CT molecular complexity index is 911. The minimum Gasteiger partial charge on any atom is -0.372 e. The van der Waals surface area contributed by atoms with Crippen molar-refractivity contribution < 1.29 is 4.79 Å². The van der Waals surface area contributed by atoms with Crippen LogP contribution in [-0.2, 0) is 17.8 Å². The quantitative estimate of drug-likeness (QED) is 0.693. The Kier molecular flexibility index (Phi) is 5.38. The number of nitrogens with one attached hydrogen (secondary N) is 1. The molecule has 1 aliphatic rings. The molecule has 3 aromatic rings. The third-order valence-electron chi connectivity index (χ3n) is 5.35. The molecule has 1 saturated heterocycles. The molecular weight excluding hydrogens is 332 g/mol. The molecule has 1 amide bonds. The topological polar surface area (TPSA) is 32.3 Å². The number of rotatable bonds is 6. The number of anilines is 1. The van der Waals surface area contributed by atoms with Crippen molar-refractivity contribution in [2.45, 2.75) is 32.2 Å². The van der Waals surface area contributed by atoms with Gasteiger partial charge in [-0.3, -0.25) is 4.79 Å². The smallest absolute Gasteiger partial charge is 0.220 e. The monoisotopic (exact) mass is 358 g/mol. The van der Waals surface area contributed by atoms with E-state index in [4.69, 9.17) is 0 Å². The molecule has 0 bridgehead atoms. The second kappa shape index (κ2) is 8.26. The van der Waals surface area contributed by atoms with Crippen molar-refractivity contribution in [2.24, 2.45) is 0 Å². The molecule has 0 spiro atoms. The first kappa shape index (κ1) is 17.6. The molecule has 0 atom stereocenters. The van der Waals surface area contributed by atoms with Gasteiger partial charge in [-0.15, -0.1) is 0 Å². The molecule has 27 heavy (non-hydrogen) atoms. The molecule has 138 valence electrons. The van der Waals surface area contributed by atoms with Crippen molar-refractivity contribution in [3.05, 3.63) is 77.9 Å². The highest BCUT2D eigenvalue weighted by Crippen LogP contribution is 2.20. The first-order valence-electron chi connectivity index (χ1n) is 9.86. The Morgan fingerprint density at radius 3 is 2.33 bits per heavy atom. The molecule has 0 aliphatic carbocycles. The molecule has 3 aromatic carbocycles. The van der Waals surface area contributed by atoms with E-state index in [1.807, 2.05) is 12.1 Å². The van der Waals surface area contributed by atoms with E-state index in [0.717, 1.165) is 25.1 Å². The second-order valence-corrected chi connectivity index (χ2v) is 7.32. The molecule has 1 aliphatic heterocycles. The van der Waals surface area contributed by atoms with Crippen LogP contribution in [0.2, 0.25) is 0 Å². The van der Waals surface area contributed by atoms with Crippen molar-refractivity contribution in [1.29, 1.82) is 0 Å². The van der Waals surface area contributed by atoms with E-state index in [1.54, 1.807) is 0 Å². The van der Waals surface area contributed by atoms with Crippen molar-refractivity contribution in [3.63, 3.8) is 0 Å². The van der Waals surface area contributed by atoms with E-state index in [9.17, 15) is 4.79 Å². The third-order valence-corrected chi connectivity index (χ3v) is 5.35. The third kappa shape index (κ3) is 4.48. The lowest BCUT2D eigenvalue weighted by molar-refractivity contribution is -0.121. The van der Waals surface area contributed by atoms with Gasteiger partial charge in [0, 0.05) is 31.7 Å². The van der Waals surface area contributed by atoms with Crippen LogP contribution >= 0.6 is 0 Å². The zero-order chi connectivity index (χ0) is 18.5. The Morgan fingerprint density at radius 1 is 0.852 bits per heavy atom. The van der Waals surface area contributed by atoms with E-state index in [0.29, 0.717) is 13.0 Å². The van der Waals surface area contributed by atoms with Crippen molar-refractivity contribution >= 4 is 22.4 Å². The van der Waals surface area contributed by atoms with Crippen LogP contribution < -0.4 is 10.2 Å². The standard InChI is InChI=1S/C24H26N2O/c27-24(14-10-19-7-11-21-5-1-2-6-22(21)17-19)25-18-20-8-12-23(13-9-20)26-15-3-4-16-26/h1-2,5-9,11-13,17H,3-4,10,14-16,18H2,(H,25,27). The molecule has 0 aromatic heterocycles. The number of aryl methyl sites for hydroxylation is 1. The van der Waals surface area contributed by atoms with Crippen LogP contribution in [-0.4, -0.2) is 19.0 Å². The first-order valence-corrected chi connectivity index (χ1v) is 9.86. The summed E-state index contributed by atoms with van der Waals surface area (Å²) in [6, 6.07) is 23.3. The van der Waals surface area contributed by atoms with Crippen molar-refractivity contribution in [2.75, 3.05) is 18.0 Å². The van der Waals surface area contributed by atoms with Crippen LogP contribution in [0.3, 0.4) is 0 Å². The average Bonchev–Trinajstić information content (AvgIpc) is 3.26.